The maximum Gasteiger partial charge on any atom is 0.282 e. The molecule has 1 fully saturated rings. The van der Waals surface area contributed by atoms with Crippen molar-refractivity contribution in [2.75, 3.05) is 31.7 Å². The Bertz CT molecular complexity index is 1080. The second-order valence-corrected chi connectivity index (χ2v) is 9.15. The van der Waals surface area contributed by atoms with Gasteiger partial charge >= 0.3 is 0 Å². The van der Waals surface area contributed by atoms with E-state index in [1.807, 2.05) is 50.2 Å². The van der Waals surface area contributed by atoms with Gasteiger partial charge in [0.15, 0.2) is 0 Å². The number of amides is 2. The van der Waals surface area contributed by atoms with E-state index in [0.717, 1.165) is 30.8 Å². The van der Waals surface area contributed by atoms with E-state index in [-0.39, 0.29) is 11.8 Å². The third-order valence-corrected chi connectivity index (χ3v) is 6.27. The third kappa shape index (κ3) is 4.34. The first kappa shape index (κ1) is 22.9. The number of likely N-dealkylation sites (tertiary alicyclic amines) is 1. The number of hydrogen-bond donors (Lipinski definition) is 0. The van der Waals surface area contributed by atoms with Crippen LogP contribution in [0, 0.1) is 18.8 Å². The Hall–Kier alpha value is -3.28. The van der Waals surface area contributed by atoms with Gasteiger partial charge in [0.1, 0.15) is 17.2 Å². The number of carbonyl (C=O) groups excluding carboxylic acids is 2. The fraction of sp³-hybridized carbons (Fsp3) is 0.407. The number of piperidine rings is 1. The summed E-state index contributed by atoms with van der Waals surface area (Å²) in [6.07, 6.45) is 1.11. The van der Waals surface area contributed by atoms with Crippen molar-refractivity contribution in [2.24, 2.45) is 11.8 Å². The van der Waals surface area contributed by atoms with Gasteiger partial charge in [-0.3, -0.25) is 9.59 Å². The van der Waals surface area contributed by atoms with Crippen LogP contribution in [-0.2, 0) is 9.59 Å². The highest BCUT2D eigenvalue weighted by Crippen LogP contribution is 2.40. The Kier molecular flexibility index (Phi) is 6.45. The van der Waals surface area contributed by atoms with Gasteiger partial charge in [-0.15, -0.1) is 0 Å². The summed E-state index contributed by atoms with van der Waals surface area (Å²) in [7, 11) is 1.55. The van der Waals surface area contributed by atoms with E-state index in [2.05, 4.69) is 18.7 Å². The van der Waals surface area contributed by atoms with Crippen LogP contribution in [0.4, 0.5) is 5.69 Å². The molecule has 0 aromatic heterocycles. The van der Waals surface area contributed by atoms with E-state index < -0.39 is 0 Å². The van der Waals surface area contributed by atoms with Crippen molar-refractivity contribution in [1.29, 1.82) is 0 Å². The Morgan fingerprint density at radius 1 is 0.970 bits per heavy atom. The SMILES string of the molecule is CCOc1ccc(C2=C(N3CC(C)CC(C)C3)C(=O)N(c3cc(C)ccc3OC)C2=O)cc1. The highest BCUT2D eigenvalue weighted by atomic mass is 16.5. The molecular formula is C27H32N2O4. The average molecular weight is 449 g/mol. The van der Waals surface area contributed by atoms with Crippen LogP contribution in [0.2, 0.25) is 0 Å². The standard InChI is InChI=1S/C27H32N2O4/c1-6-33-21-10-8-20(9-11-21)24-25(28-15-18(3)13-19(4)16-28)27(31)29(26(24)30)22-14-17(2)7-12-23(22)32-5/h7-12,14,18-19H,6,13,15-16H2,1-5H3. The average Bonchev–Trinajstić information content (AvgIpc) is 3.03. The first-order chi connectivity index (χ1) is 15.8. The number of hydrogen-bond acceptors (Lipinski definition) is 5. The number of ether oxygens (including phenoxy) is 2. The van der Waals surface area contributed by atoms with E-state index in [4.69, 9.17) is 9.47 Å². The molecule has 0 spiro atoms. The minimum atomic E-state index is -0.325. The van der Waals surface area contributed by atoms with Gasteiger partial charge in [-0.05, 0) is 67.5 Å². The van der Waals surface area contributed by atoms with Crippen LogP contribution < -0.4 is 14.4 Å². The Morgan fingerprint density at radius 3 is 2.24 bits per heavy atom. The summed E-state index contributed by atoms with van der Waals surface area (Å²) >= 11 is 0. The molecule has 0 saturated carbocycles. The molecule has 2 aliphatic rings. The number of nitrogens with zero attached hydrogens (tertiary/aromatic N) is 2. The van der Waals surface area contributed by atoms with Gasteiger partial charge in [0.05, 0.1) is 25.0 Å². The van der Waals surface area contributed by atoms with Crippen molar-refractivity contribution in [1.82, 2.24) is 4.90 Å². The van der Waals surface area contributed by atoms with Gasteiger partial charge in [-0.2, -0.15) is 0 Å². The predicted molar refractivity (Wildman–Crippen MR) is 129 cm³/mol. The summed E-state index contributed by atoms with van der Waals surface area (Å²) in [5, 5.41) is 0. The lowest BCUT2D eigenvalue weighted by molar-refractivity contribution is -0.120. The van der Waals surface area contributed by atoms with Crippen molar-refractivity contribution in [3.8, 4) is 11.5 Å². The number of anilines is 1. The normalized spacial score (nSPS) is 21.1. The summed E-state index contributed by atoms with van der Waals surface area (Å²) in [4.78, 5) is 31.1. The van der Waals surface area contributed by atoms with E-state index in [1.165, 1.54) is 4.90 Å². The molecule has 0 bridgehead atoms. The van der Waals surface area contributed by atoms with Gasteiger partial charge in [0.25, 0.3) is 11.8 Å². The molecular weight excluding hydrogens is 416 g/mol. The van der Waals surface area contributed by atoms with Gasteiger partial charge in [0.2, 0.25) is 0 Å². The monoisotopic (exact) mass is 448 g/mol. The lowest BCUT2D eigenvalue weighted by atomic mass is 9.91. The molecule has 2 aromatic carbocycles. The summed E-state index contributed by atoms with van der Waals surface area (Å²) < 4.78 is 11.1. The van der Waals surface area contributed by atoms with E-state index in [0.29, 0.717) is 46.7 Å². The van der Waals surface area contributed by atoms with Gasteiger partial charge < -0.3 is 14.4 Å². The molecule has 6 nitrogen and oxygen atoms in total. The maximum atomic E-state index is 13.9. The molecule has 0 aliphatic carbocycles. The van der Waals surface area contributed by atoms with Crippen molar-refractivity contribution in [3.05, 3.63) is 59.3 Å². The number of aryl methyl sites for hydroxylation is 1. The minimum absolute atomic E-state index is 0.297. The summed E-state index contributed by atoms with van der Waals surface area (Å²) in [5.41, 5.74) is 3.05. The lowest BCUT2D eigenvalue weighted by Gasteiger charge is -2.37. The Labute approximate surface area is 195 Å². The van der Waals surface area contributed by atoms with E-state index in [1.54, 1.807) is 13.2 Å². The molecule has 2 unspecified atom stereocenters. The molecule has 2 amide bonds. The first-order valence-corrected chi connectivity index (χ1v) is 11.6. The van der Waals surface area contributed by atoms with E-state index in [9.17, 15) is 9.59 Å². The summed E-state index contributed by atoms with van der Waals surface area (Å²) in [6.45, 7) is 10.3. The van der Waals surface area contributed by atoms with Crippen LogP contribution in [0.5, 0.6) is 11.5 Å². The quantitative estimate of drug-likeness (QED) is 0.602. The maximum absolute atomic E-state index is 13.9. The Morgan fingerprint density at radius 2 is 1.64 bits per heavy atom. The number of methoxy groups -OCH3 is 1. The number of imide groups is 1. The zero-order chi connectivity index (χ0) is 23.7. The van der Waals surface area contributed by atoms with Crippen LogP contribution >= 0.6 is 0 Å². The van der Waals surface area contributed by atoms with Crippen LogP contribution in [0.1, 0.15) is 38.3 Å². The smallest absolute Gasteiger partial charge is 0.282 e. The number of carbonyl (C=O) groups is 2. The molecule has 2 heterocycles. The predicted octanol–water partition coefficient (Wildman–Crippen LogP) is 4.66. The molecule has 2 aliphatic heterocycles. The molecule has 2 atom stereocenters. The molecule has 2 aromatic rings. The highest BCUT2D eigenvalue weighted by Gasteiger charge is 2.44. The summed E-state index contributed by atoms with van der Waals surface area (Å²) in [5.74, 6) is 1.48. The molecule has 4 rings (SSSR count). The fourth-order valence-electron chi connectivity index (χ4n) is 5.00. The topological polar surface area (TPSA) is 59.1 Å². The van der Waals surface area contributed by atoms with Crippen LogP contribution in [0.15, 0.2) is 48.2 Å². The van der Waals surface area contributed by atoms with Crippen LogP contribution in [-0.4, -0.2) is 43.5 Å². The molecule has 33 heavy (non-hydrogen) atoms. The second-order valence-electron chi connectivity index (χ2n) is 9.15. The summed E-state index contributed by atoms with van der Waals surface area (Å²) in [6, 6.07) is 12.9. The first-order valence-electron chi connectivity index (χ1n) is 11.6. The van der Waals surface area contributed by atoms with Crippen molar-refractivity contribution in [2.45, 2.75) is 34.1 Å². The van der Waals surface area contributed by atoms with Gasteiger partial charge in [0, 0.05) is 13.1 Å². The Balaban J connectivity index is 1.84. The van der Waals surface area contributed by atoms with Crippen molar-refractivity contribution >= 4 is 23.1 Å². The molecule has 0 N–H and O–H groups in total. The van der Waals surface area contributed by atoms with Gasteiger partial charge in [-0.25, -0.2) is 4.90 Å². The van der Waals surface area contributed by atoms with Crippen LogP contribution in [0.3, 0.4) is 0 Å². The fourth-order valence-corrected chi connectivity index (χ4v) is 5.00. The number of rotatable bonds is 6. The van der Waals surface area contributed by atoms with Crippen LogP contribution in [0.25, 0.3) is 5.57 Å². The van der Waals surface area contributed by atoms with Gasteiger partial charge in [-0.1, -0.05) is 32.0 Å². The number of benzene rings is 2. The lowest BCUT2D eigenvalue weighted by Crippen LogP contribution is -2.42. The third-order valence-electron chi connectivity index (χ3n) is 6.27. The molecule has 174 valence electrons. The second kappa shape index (κ2) is 9.30. The molecule has 1 saturated heterocycles. The largest absolute Gasteiger partial charge is 0.495 e. The highest BCUT2D eigenvalue weighted by molar-refractivity contribution is 6.45. The molecule has 0 radical (unpaired) electrons. The zero-order valence-corrected chi connectivity index (χ0v) is 20.1. The van der Waals surface area contributed by atoms with E-state index >= 15 is 0 Å². The molecule has 6 heteroatoms. The minimum Gasteiger partial charge on any atom is -0.495 e. The van der Waals surface area contributed by atoms with Crippen molar-refractivity contribution in [3.63, 3.8) is 0 Å². The zero-order valence-electron chi connectivity index (χ0n) is 20.1. The van der Waals surface area contributed by atoms with Crippen molar-refractivity contribution < 1.29 is 19.1 Å².